The van der Waals surface area contributed by atoms with Crippen molar-refractivity contribution in [1.82, 2.24) is 10.2 Å². The van der Waals surface area contributed by atoms with E-state index >= 15 is 0 Å². The van der Waals surface area contributed by atoms with E-state index in [2.05, 4.69) is 44.8 Å². The van der Waals surface area contributed by atoms with Crippen LogP contribution in [0.1, 0.15) is 41.0 Å². The maximum Gasteiger partial charge on any atom is 0.0107 e. The fraction of sp³-hybridized carbons (Fsp3) is 1.00. The third-order valence-electron chi connectivity index (χ3n) is 3.20. The Bertz CT molecular complexity index is 185. The summed E-state index contributed by atoms with van der Waals surface area (Å²) in [5.41, 5.74) is 0.405. The number of likely N-dealkylation sites (tertiary alicyclic amines) is 1. The number of nitrogens with zero attached hydrogens (tertiary/aromatic N) is 1. The molecule has 2 atom stereocenters. The topological polar surface area (TPSA) is 15.3 Å². The zero-order valence-corrected chi connectivity index (χ0v) is 11.8. The summed E-state index contributed by atoms with van der Waals surface area (Å²) in [6.45, 7) is 17.7. The Kier molecular flexibility index (Phi) is 5.26. The lowest BCUT2D eigenvalue weighted by molar-refractivity contribution is 0.141. The van der Waals surface area contributed by atoms with Crippen molar-refractivity contribution in [3.8, 4) is 0 Å². The van der Waals surface area contributed by atoms with Gasteiger partial charge in [0, 0.05) is 32.7 Å². The van der Waals surface area contributed by atoms with Crippen molar-refractivity contribution in [1.29, 1.82) is 0 Å². The van der Waals surface area contributed by atoms with Crippen LogP contribution in [0.2, 0.25) is 0 Å². The second kappa shape index (κ2) is 6.02. The van der Waals surface area contributed by atoms with Crippen molar-refractivity contribution in [2.75, 3.05) is 32.7 Å². The number of hydrogen-bond acceptors (Lipinski definition) is 2. The van der Waals surface area contributed by atoms with Crippen molar-refractivity contribution in [3.05, 3.63) is 0 Å². The molecule has 0 saturated carbocycles. The predicted octanol–water partition coefficient (Wildman–Crippen LogP) is 2.60. The molecule has 1 fully saturated rings. The highest BCUT2D eigenvalue weighted by molar-refractivity contribution is 4.75. The molecule has 2 unspecified atom stereocenters. The van der Waals surface area contributed by atoms with Crippen LogP contribution in [0.15, 0.2) is 0 Å². The minimum Gasteiger partial charge on any atom is -0.315 e. The van der Waals surface area contributed by atoms with Crippen LogP contribution in [0.25, 0.3) is 0 Å². The second-order valence-electron chi connectivity index (χ2n) is 6.94. The van der Waals surface area contributed by atoms with Gasteiger partial charge in [-0.2, -0.15) is 0 Å². The fourth-order valence-corrected chi connectivity index (χ4v) is 2.68. The van der Waals surface area contributed by atoms with Crippen LogP contribution >= 0.6 is 0 Å². The van der Waals surface area contributed by atoms with Crippen LogP contribution in [0.3, 0.4) is 0 Å². The van der Waals surface area contributed by atoms with Crippen LogP contribution < -0.4 is 5.32 Å². The van der Waals surface area contributed by atoms with Gasteiger partial charge in [-0.25, -0.2) is 0 Å². The van der Waals surface area contributed by atoms with Gasteiger partial charge in [-0.15, -0.1) is 0 Å². The number of piperidine rings is 1. The largest absolute Gasteiger partial charge is 0.315 e. The van der Waals surface area contributed by atoms with E-state index in [9.17, 15) is 0 Å². The average Bonchev–Trinajstić information content (AvgIpc) is 2.09. The SMILES string of the molecule is CC1CC(C)CN(CCNCC(C)(C)C)C1. The molecule has 1 saturated heterocycles. The lowest BCUT2D eigenvalue weighted by Gasteiger charge is -2.35. The van der Waals surface area contributed by atoms with Crippen molar-refractivity contribution in [2.24, 2.45) is 17.3 Å². The Balaban J connectivity index is 2.13. The first-order valence-electron chi connectivity index (χ1n) is 6.80. The molecule has 96 valence electrons. The van der Waals surface area contributed by atoms with Crippen LogP contribution in [0.5, 0.6) is 0 Å². The molecule has 1 N–H and O–H groups in total. The molecule has 0 spiro atoms. The molecular formula is C14H30N2. The maximum atomic E-state index is 3.56. The Morgan fingerprint density at radius 2 is 1.69 bits per heavy atom. The van der Waals surface area contributed by atoms with E-state index in [1.807, 2.05) is 0 Å². The summed E-state index contributed by atoms with van der Waals surface area (Å²) in [5.74, 6) is 1.76. The summed E-state index contributed by atoms with van der Waals surface area (Å²) in [5, 5.41) is 3.56. The van der Waals surface area contributed by atoms with E-state index in [1.54, 1.807) is 0 Å². The molecule has 1 heterocycles. The smallest absolute Gasteiger partial charge is 0.0107 e. The molecular weight excluding hydrogens is 196 g/mol. The third-order valence-corrected chi connectivity index (χ3v) is 3.20. The molecule has 0 bridgehead atoms. The van der Waals surface area contributed by atoms with Crippen molar-refractivity contribution >= 4 is 0 Å². The highest BCUT2D eigenvalue weighted by Crippen LogP contribution is 2.20. The quantitative estimate of drug-likeness (QED) is 0.741. The Labute approximate surface area is 102 Å². The summed E-state index contributed by atoms with van der Waals surface area (Å²) >= 11 is 0. The maximum absolute atomic E-state index is 3.56. The van der Waals surface area contributed by atoms with Crippen molar-refractivity contribution in [2.45, 2.75) is 41.0 Å². The first-order chi connectivity index (χ1) is 7.37. The van der Waals surface area contributed by atoms with E-state index in [-0.39, 0.29) is 0 Å². The van der Waals surface area contributed by atoms with Gasteiger partial charge >= 0.3 is 0 Å². The number of hydrogen-bond donors (Lipinski definition) is 1. The summed E-state index contributed by atoms with van der Waals surface area (Å²) in [6, 6.07) is 0. The zero-order chi connectivity index (χ0) is 12.2. The highest BCUT2D eigenvalue weighted by Gasteiger charge is 2.21. The van der Waals surface area contributed by atoms with Gasteiger partial charge in [-0.1, -0.05) is 34.6 Å². The minimum absolute atomic E-state index is 0.405. The van der Waals surface area contributed by atoms with E-state index in [1.165, 1.54) is 26.1 Å². The Hall–Kier alpha value is -0.0800. The molecule has 2 heteroatoms. The first-order valence-corrected chi connectivity index (χ1v) is 6.80. The molecule has 1 aliphatic heterocycles. The van der Waals surface area contributed by atoms with Crippen LogP contribution in [0, 0.1) is 17.3 Å². The van der Waals surface area contributed by atoms with Crippen molar-refractivity contribution < 1.29 is 0 Å². The molecule has 2 nitrogen and oxygen atoms in total. The van der Waals surface area contributed by atoms with Gasteiger partial charge in [0.25, 0.3) is 0 Å². The normalized spacial score (nSPS) is 28.3. The van der Waals surface area contributed by atoms with Crippen LogP contribution in [-0.4, -0.2) is 37.6 Å². The molecule has 0 amide bonds. The molecule has 1 rings (SSSR count). The van der Waals surface area contributed by atoms with Crippen molar-refractivity contribution in [3.63, 3.8) is 0 Å². The third kappa shape index (κ3) is 5.86. The first kappa shape index (κ1) is 14.0. The lowest BCUT2D eigenvalue weighted by atomic mass is 9.92. The summed E-state index contributed by atoms with van der Waals surface area (Å²) in [6.07, 6.45) is 1.41. The van der Waals surface area contributed by atoms with Gasteiger partial charge in [0.05, 0.1) is 0 Å². The van der Waals surface area contributed by atoms with Gasteiger partial charge in [-0.05, 0) is 23.7 Å². The summed E-state index contributed by atoms with van der Waals surface area (Å²) < 4.78 is 0. The second-order valence-corrected chi connectivity index (χ2v) is 6.94. The molecule has 0 radical (unpaired) electrons. The predicted molar refractivity (Wildman–Crippen MR) is 71.7 cm³/mol. The van der Waals surface area contributed by atoms with E-state index in [0.717, 1.165) is 24.9 Å². The monoisotopic (exact) mass is 226 g/mol. The standard InChI is InChI=1S/C14H30N2/c1-12-8-13(2)10-16(9-12)7-6-15-11-14(3,4)5/h12-13,15H,6-11H2,1-5H3. The molecule has 0 aliphatic carbocycles. The van der Waals surface area contributed by atoms with E-state index < -0.39 is 0 Å². The highest BCUT2D eigenvalue weighted by atomic mass is 15.1. The number of nitrogens with one attached hydrogen (secondary N) is 1. The van der Waals surface area contributed by atoms with Gasteiger partial charge in [0.15, 0.2) is 0 Å². The summed E-state index contributed by atoms with van der Waals surface area (Å²) in [4.78, 5) is 2.62. The lowest BCUT2D eigenvalue weighted by Crippen LogP contribution is -2.42. The molecule has 1 aliphatic rings. The van der Waals surface area contributed by atoms with Crippen LogP contribution in [-0.2, 0) is 0 Å². The van der Waals surface area contributed by atoms with Gasteiger partial charge in [0.2, 0.25) is 0 Å². The van der Waals surface area contributed by atoms with Gasteiger partial charge in [-0.3, -0.25) is 0 Å². The fourth-order valence-electron chi connectivity index (χ4n) is 2.68. The molecule has 0 aromatic rings. The van der Waals surface area contributed by atoms with E-state index in [0.29, 0.717) is 5.41 Å². The molecule has 0 aromatic heterocycles. The Morgan fingerprint density at radius 1 is 1.12 bits per heavy atom. The zero-order valence-electron chi connectivity index (χ0n) is 11.8. The Morgan fingerprint density at radius 3 is 2.19 bits per heavy atom. The average molecular weight is 226 g/mol. The van der Waals surface area contributed by atoms with Crippen LogP contribution in [0.4, 0.5) is 0 Å². The van der Waals surface area contributed by atoms with Gasteiger partial charge < -0.3 is 10.2 Å². The molecule has 0 aromatic carbocycles. The minimum atomic E-state index is 0.405. The number of rotatable bonds is 4. The van der Waals surface area contributed by atoms with Gasteiger partial charge in [0.1, 0.15) is 0 Å². The van der Waals surface area contributed by atoms with E-state index in [4.69, 9.17) is 0 Å². The molecule has 16 heavy (non-hydrogen) atoms. The summed E-state index contributed by atoms with van der Waals surface area (Å²) in [7, 11) is 0.